The third-order valence-corrected chi connectivity index (χ3v) is 6.30. The summed E-state index contributed by atoms with van der Waals surface area (Å²) in [6.07, 6.45) is 0.865. The number of ether oxygens (including phenoxy) is 1. The van der Waals surface area contributed by atoms with Crippen LogP contribution >= 0.6 is 31.9 Å². The molecular formula is C24H19Br2N3O. The van der Waals surface area contributed by atoms with Crippen molar-refractivity contribution in [2.45, 2.75) is 19.9 Å². The van der Waals surface area contributed by atoms with E-state index in [1.165, 1.54) is 0 Å². The minimum atomic E-state index is 0.640. The molecule has 5 rings (SSSR count). The highest BCUT2D eigenvalue weighted by molar-refractivity contribution is 9.11. The van der Waals surface area contributed by atoms with Crippen molar-refractivity contribution in [3.63, 3.8) is 0 Å². The normalized spacial score (nSPS) is 11.6. The van der Waals surface area contributed by atoms with Gasteiger partial charge in [-0.05, 0) is 65.2 Å². The van der Waals surface area contributed by atoms with E-state index in [0.29, 0.717) is 6.61 Å². The van der Waals surface area contributed by atoms with Crippen molar-refractivity contribution in [1.82, 2.24) is 14.5 Å². The van der Waals surface area contributed by atoms with Crippen molar-refractivity contribution in [2.24, 2.45) is 0 Å². The maximum Gasteiger partial charge on any atom is 0.160 e. The van der Waals surface area contributed by atoms with Crippen LogP contribution < -0.4 is 4.74 Å². The molecule has 0 unspecified atom stereocenters. The molecule has 3 aromatic carbocycles. The zero-order valence-corrected chi connectivity index (χ0v) is 19.6. The molecule has 0 fully saturated rings. The molecule has 2 heterocycles. The van der Waals surface area contributed by atoms with Crippen LogP contribution in [0.3, 0.4) is 0 Å². The number of benzene rings is 3. The van der Waals surface area contributed by atoms with Crippen molar-refractivity contribution in [3.8, 4) is 5.75 Å². The summed E-state index contributed by atoms with van der Waals surface area (Å²) in [7, 11) is 0. The molecule has 0 amide bonds. The van der Waals surface area contributed by atoms with Gasteiger partial charge in [0.25, 0.3) is 0 Å². The van der Waals surface area contributed by atoms with Gasteiger partial charge in [0.2, 0.25) is 0 Å². The van der Waals surface area contributed by atoms with Gasteiger partial charge >= 0.3 is 0 Å². The quantitative estimate of drug-likeness (QED) is 0.231. The fourth-order valence-corrected chi connectivity index (χ4v) is 5.27. The number of hydrogen-bond donors (Lipinski definition) is 0. The Hall–Kier alpha value is -2.44. The zero-order chi connectivity index (χ0) is 20.7. The van der Waals surface area contributed by atoms with E-state index in [2.05, 4.69) is 61.5 Å². The second-order valence-corrected chi connectivity index (χ2v) is 9.06. The number of nitrogens with zero attached hydrogens (tertiary/aromatic N) is 3. The van der Waals surface area contributed by atoms with Gasteiger partial charge in [0.05, 0.1) is 23.2 Å². The summed E-state index contributed by atoms with van der Waals surface area (Å²) in [5.74, 6) is 0.940. The predicted molar refractivity (Wildman–Crippen MR) is 129 cm³/mol. The average molecular weight is 525 g/mol. The van der Waals surface area contributed by atoms with E-state index >= 15 is 0 Å². The van der Waals surface area contributed by atoms with Crippen LogP contribution in [0.15, 0.2) is 69.6 Å². The van der Waals surface area contributed by atoms with E-state index in [4.69, 9.17) is 14.7 Å². The highest BCUT2D eigenvalue weighted by Gasteiger charge is 2.17. The Labute approximate surface area is 191 Å². The van der Waals surface area contributed by atoms with E-state index in [9.17, 15) is 0 Å². The van der Waals surface area contributed by atoms with Crippen molar-refractivity contribution in [3.05, 3.63) is 75.2 Å². The molecule has 6 heteroatoms. The first-order valence-corrected chi connectivity index (χ1v) is 11.4. The van der Waals surface area contributed by atoms with E-state index in [0.717, 1.165) is 66.3 Å². The van der Waals surface area contributed by atoms with E-state index < -0.39 is 0 Å². The van der Waals surface area contributed by atoms with E-state index in [1.807, 2.05) is 42.5 Å². The number of aryl methyl sites for hydroxylation is 2. The molecule has 0 bridgehead atoms. The predicted octanol–water partition coefficient (Wildman–Crippen LogP) is 7.04. The molecule has 0 atom stereocenters. The smallest absolute Gasteiger partial charge is 0.160 e. The molecule has 4 nitrogen and oxygen atoms in total. The minimum Gasteiger partial charge on any atom is -0.493 e. The molecule has 0 aliphatic carbocycles. The van der Waals surface area contributed by atoms with Crippen LogP contribution in [-0.4, -0.2) is 21.1 Å². The van der Waals surface area contributed by atoms with Gasteiger partial charge in [-0.3, -0.25) is 0 Å². The number of hydrogen-bond acceptors (Lipinski definition) is 3. The largest absolute Gasteiger partial charge is 0.493 e. The summed E-state index contributed by atoms with van der Waals surface area (Å²) in [4.78, 5) is 9.90. The van der Waals surface area contributed by atoms with Crippen LogP contribution in [0.25, 0.3) is 33.1 Å². The summed E-state index contributed by atoms with van der Waals surface area (Å²) in [5.41, 5.74) is 5.89. The summed E-state index contributed by atoms with van der Waals surface area (Å²) < 4.78 is 10.3. The zero-order valence-electron chi connectivity index (χ0n) is 16.4. The topological polar surface area (TPSA) is 39.9 Å². The molecule has 150 valence electrons. The first-order valence-electron chi connectivity index (χ1n) is 9.84. The number of para-hydroxylation sites is 3. The molecule has 0 N–H and O–H groups in total. The molecule has 5 aromatic rings. The van der Waals surface area contributed by atoms with Crippen molar-refractivity contribution < 1.29 is 4.74 Å². The first-order chi connectivity index (χ1) is 14.6. The highest BCUT2D eigenvalue weighted by atomic mass is 79.9. The first kappa shape index (κ1) is 19.5. The van der Waals surface area contributed by atoms with Gasteiger partial charge in [-0.1, -0.05) is 46.3 Å². The van der Waals surface area contributed by atoms with Gasteiger partial charge in [0.15, 0.2) is 5.65 Å². The fraction of sp³-hybridized carbons (Fsp3) is 0.167. The monoisotopic (exact) mass is 523 g/mol. The van der Waals surface area contributed by atoms with Crippen molar-refractivity contribution in [1.29, 1.82) is 0 Å². The molecule has 0 spiro atoms. The van der Waals surface area contributed by atoms with Gasteiger partial charge in [-0.25, -0.2) is 9.97 Å². The van der Waals surface area contributed by atoms with Crippen LogP contribution in [0.4, 0.5) is 0 Å². The third kappa shape index (κ3) is 3.48. The molecular weight excluding hydrogens is 506 g/mol. The van der Waals surface area contributed by atoms with Crippen LogP contribution in [-0.2, 0) is 6.54 Å². The average Bonchev–Trinajstić information content (AvgIpc) is 3.03. The molecule has 30 heavy (non-hydrogen) atoms. The number of fused-ring (bicyclic) bond motifs is 4. The molecule has 0 aliphatic heterocycles. The Morgan fingerprint density at radius 1 is 0.933 bits per heavy atom. The van der Waals surface area contributed by atoms with Crippen molar-refractivity contribution >= 4 is 65.0 Å². The Balaban J connectivity index is 1.55. The molecule has 0 radical (unpaired) electrons. The lowest BCUT2D eigenvalue weighted by molar-refractivity contribution is 0.301. The van der Waals surface area contributed by atoms with Gasteiger partial charge < -0.3 is 9.30 Å². The van der Waals surface area contributed by atoms with Crippen LogP contribution in [0.2, 0.25) is 0 Å². The van der Waals surface area contributed by atoms with Crippen LogP contribution in [0.1, 0.15) is 12.0 Å². The van der Waals surface area contributed by atoms with Crippen molar-refractivity contribution in [2.75, 3.05) is 6.61 Å². The maximum absolute atomic E-state index is 6.01. The molecule has 0 saturated heterocycles. The second-order valence-electron chi connectivity index (χ2n) is 7.29. The second kappa shape index (κ2) is 8.00. The number of rotatable bonds is 5. The summed E-state index contributed by atoms with van der Waals surface area (Å²) in [6.45, 7) is 3.50. The lowest BCUT2D eigenvalue weighted by atomic mass is 10.2. The van der Waals surface area contributed by atoms with Crippen LogP contribution in [0, 0.1) is 6.92 Å². The maximum atomic E-state index is 6.01. The molecule has 2 aromatic heterocycles. The highest BCUT2D eigenvalue weighted by Crippen LogP contribution is 2.35. The Bertz CT molecular complexity index is 1390. The standard InChI is InChI=1S/C24H19Br2N3O/c1-15-7-2-5-10-21(15)30-12-6-11-29-23-17(13-16(25)14-18(23)26)22-24(29)28-20-9-4-3-8-19(20)27-22/h2-5,7-10,13-14H,6,11-12H2,1H3. The summed E-state index contributed by atoms with van der Waals surface area (Å²) >= 11 is 7.37. The lowest BCUT2D eigenvalue weighted by Crippen LogP contribution is -2.06. The summed E-state index contributed by atoms with van der Waals surface area (Å²) in [6, 6.07) is 20.3. The Morgan fingerprint density at radius 3 is 2.47 bits per heavy atom. The van der Waals surface area contributed by atoms with Gasteiger partial charge in [0.1, 0.15) is 11.3 Å². The van der Waals surface area contributed by atoms with Gasteiger partial charge in [0, 0.05) is 20.9 Å². The number of halogens is 2. The lowest BCUT2D eigenvalue weighted by Gasteiger charge is -2.11. The minimum absolute atomic E-state index is 0.640. The molecule has 0 aliphatic rings. The van der Waals surface area contributed by atoms with Gasteiger partial charge in [-0.15, -0.1) is 0 Å². The Morgan fingerprint density at radius 2 is 1.67 bits per heavy atom. The number of aromatic nitrogens is 3. The summed E-state index contributed by atoms with van der Waals surface area (Å²) in [5, 5.41) is 1.09. The SMILES string of the molecule is Cc1ccccc1OCCCn1c2nc3ccccc3nc2c2cc(Br)cc(Br)c21. The molecule has 0 saturated carbocycles. The van der Waals surface area contributed by atoms with Gasteiger partial charge in [-0.2, -0.15) is 0 Å². The third-order valence-electron chi connectivity index (χ3n) is 5.24. The van der Waals surface area contributed by atoms with E-state index in [1.54, 1.807) is 0 Å². The van der Waals surface area contributed by atoms with Crippen LogP contribution in [0.5, 0.6) is 5.75 Å². The Kier molecular flexibility index (Phi) is 5.21. The fourth-order valence-electron chi connectivity index (χ4n) is 3.83. The van der Waals surface area contributed by atoms with E-state index in [-0.39, 0.29) is 0 Å².